The number of hydrogen-bond acceptors (Lipinski definition) is 7. The third-order valence-electron chi connectivity index (χ3n) is 3.72. The first kappa shape index (κ1) is 18.8. The van der Waals surface area contributed by atoms with Gasteiger partial charge in [0.15, 0.2) is 11.0 Å². The van der Waals surface area contributed by atoms with E-state index in [0.29, 0.717) is 29.0 Å². The van der Waals surface area contributed by atoms with Crippen LogP contribution in [0.5, 0.6) is 11.5 Å². The molecule has 0 spiro atoms. The maximum absolute atomic E-state index is 11.9. The smallest absolute Gasteiger partial charge is 0.230 e. The summed E-state index contributed by atoms with van der Waals surface area (Å²) in [6, 6.07) is 10.9. The SMILES string of the molecule is COc1ccc(OCc2nnc(SCC(=O)NCc3ccco3)n2C)cc1. The van der Waals surface area contributed by atoms with E-state index in [-0.39, 0.29) is 18.3 Å². The normalized spacial score (nSPS) is 10.6. The number of furan rings is 1. The highest BCUT2D eigenvalue weighted by molar-refractivity contribution is 7.99. The molecule has 9 heteroatoms. The minimum absolute atomic E-state index is 0.101. The van der Waals surface area contributed by atoms with E-state index in [9.17, 15) is 4.79 Å². The van der Waals surface area contributed by atoms with Crippen LogP contribution >= 0.6 is 11.8 Å². The number of nitrogens with zero attached hydrogens (tertiary/aromatic N) is 3. The number of carbonyl (C=O) groups excluding carboxylic acids is 1. The van der Waals surface area contributed by atoms with Crippen molar-refractivity contribution in [2.24, 2.45) is 7.05 Å². The van der Waals surface area contributed by atoms with Gasteiger partial charge in [-0.3, -0.25) is 4.79 Å². The van der Waals surface area contributed by atoms with E-state index in [1.54, 1.807) is 19.4 Å². The zero-order chi connectivity index (χ0) is 19.1. The molecule has 0 aliphatic heterocycles. The molecule has 0 aliphatic carbocycles. The predicted octanol–water partition coefficient (Wildman–Crippen LogP) is 2.40. The number of thioether (sulfide) groups is 1. The van der Waals surface area contributed by atoms with Crippen LogP contribution in [-0.2, 0) is 25.0 Å². The summed E-state index contributed by atoms with van der Waals surface area (Å²) in [5.74, 6) is 3.01. The van der Waals surface area contributed by atoms with E-state index in [1.807, 2.05) is 41.9 Å². The summed E-state index contributed by atoms with van der Waals surface area (Å²) in [7, 11) is 3.46. The zero-order valence-electron chi connectivity index (χ0n) is 15.0. The number of aromatic nitrogens is 3. The Hall–Kier alpha value is -2.94. The Morgan fingerprint density at radius 2 is 2.00 bits per heavy atom. The molecule has 3 rings (SSSR count). The van der Waals surface area contributed by atoms with Gasteiger partial charge in [0.05, 0.1) is 25.7 Å². The molecular formula is C18H20N4O4S. The Morgan fingerprint density at radius 1 is 1.22 bits per heavy atom. The summed E-state index contributed by atoms with van der Waals surface area (Å²) < 4.78 is 17.8. The molecule has 1 aromatic carbocycles. The molecule has 0 bridgehead atoms. The molecule has 0 aliphatic rings. The van der Waals surface area contributed by atoms with Crippen LogP contribution in [0.15, 0.2) is 52.2 Å². The van der Waals surface area contributed by atoms with Crippen LogP contribution in [-0.4, -0.2) is 33.5 Å². The number of amides is 1. The van der Waals surface area contributed by atoms with E-state index in [2.05, 4.69) is 15.5 Å². The molecule has 0 atom stereocenters. The molecule has 0 saturated heterocycles. The molecule has 2 heterocycles. The lowest BCUT2D eigenvalue weighted by molar-refractivity contribution is -0.118. The lowest BCUT2D eigenvalue weighted by atomic mass is 10.3. The summed E-state index contributed by atoms with van der Waals surface area (Å²) in [6.45, 7) is 0.646. The van der Waals surface area contributed by atoms with Crippen molar-refractivity contribution in [3.63, 3.8) is 0 Å². The van der Waals surface area contributed by atoms with Gasteiger partial charge in [-0.25, -0.2) is 0 Å². The first-order valence-corrected chi connectivity index (χ1v) is 9.21. The van der Waals surface area contributed by atoms with Crippen molar-refractivity contribution in [1.29, 1.82) is 0 Å². The van der Waals surface area contributed by atoms with E-state index in [4.69, 9.17) is 13.9 Å². The number of ether oxygens (including phenoxy) is 2. The van der Waals surface area contributed by atoms with Gasteiger partial charge in [-0.1, -0.05) is 11.8 Å². The number of hydrogen-bond donors (Lipinski definition) is 1. The van der Waals surface area contributed by atoms with Crippen LogP contribution in [0.1, 0.15) is 11.6 Å². The fourth-order valence-electron chi connectivity index (χ4n) is 2.20. The Morgan fingerprint density at radius 3 is 2.70 bits per heavy atom. The molecule has 8 nitrogen and oxygen atoms in total. The Bertz CT molecular complexity index is 862. The van der Waals surface area contributed by atoms with Gasteiger partial charge in [-0.05, 0) is 36.4 Å². The Labute approximate surface area is 160 Å². The van der Waals surface area contributed by atoms with Crippen LogP contribution in [0.25, 0.3) is 0 Å². The van der Waals surface area contributed by atoms with Gasteiger partial charge in [-0.15, -0.1) is 10.2 Å². The topological polar surface area (TPSA) is 91.4 Å². The second-order valence-corrected chi connectivity index (χ2v) is 6.51. The van der Waals surface area contributed by atoms with Crippen molar-refractivity contribution in [3.8, 4) is 11.5 Å². The van der Waals surface area contributed by atoms with Gasteiger partial charge in [0.1, 0.15) is 23.9 Å². The third kappa shape index (κ3) is 5.27. The minimum atomic E-state index is -0.101. The van der Waals surface area contributed by atoms with Gasteiger partial charge < -0.3 is 23.8 Å². The van der Waals surface area contributed by atoms with E-state index >= 15 is 0 Å². The molecule has 2 aromatic heterocycles. The monoisotopic (exact) mass is 388 g/mol. The van der Waals surface area contributed by atoms with Crippen molar-refractivity contribution in [1.82, 2.24) is 20.1 Å². The van der Waals surface area contributed by atoms with Crippen molar-refractivity contribution < 1.29 is 18.7 Å². The van der Waals surface area contributed by atoms with E-state index in [1.165, 1.54) is 11.8 Å². The first-order chi connectivity index (χ1) is 13.2. The fourth-order valence-corrected chi connectivity index (χ4v) is 2.96. The van der Waals surface area contributed by atoms with E-state index in [0.717, 1.165) is 5.75 Å². The summed E-state index contributed by atoms with van der Waals surface area (Å²) >= 11 is 1.31. The van der Waals surface area contributed by atoms with Gasteiger partial charge in [0.2, 0.25) is 5.91 Å². The lowest BCUT2D eigenvalue weighted by Crippen LogP contribution is -2.24. The predicted molar refractivity (Wildman–Crippen MR) is 99.6 cm³/mol. The quantitative estimate of drug-likeness (QED) is 0.563. The fraction of sp³-hybridized carbons (Fsp3) is 0.278. The molecule has 0 saturated carbocycles. The molecule has 142 valence electrons. The second kappa shape index (κ2) is 9.13. The summed E-state index contributed by atoms with van der Waals surface area (Å²) in [4.78, 5) is 11.9. The molecule has 0 fully saturated rings. The summed E-state index contributed by atoms with van der Waals surface area (Å²) in [6.07, 6.45) is 1.57. The average Bonchev–Trinajstić information content (AvgIpc) is 3.33. The summed E-state index contributed by atoms with van der Waals surface area (Å²) in [5.41, 5.74) is 0. The highest BCUT2D eigenvalue weighted by Gasteiger charge is 2.12. The highest BCUT2D eigenvalue weighted by atomic mass is 32.2. The van der Waals surface area contributed by atoms with Gasteiger partial charge in [-0.2, -0.15) is 0 Å². The first-order valence-electron chi connectivity index (χ1n) is 8.22. The van der Waals surface area contributed by atoms with Gasteiger partial charge >= 0.3 is 0 Å². The highest BCUT2D eigenvalue weighted by Crippen LogP contribution is 2.19. The van der Waals surface area contributed by atoms with Crippen LogP contribution in [0, 0.1) is 0 Å². The third-order valence-corrected chi connectivity index (χ3v) is 4.74. The van der Waals surface area contributed by atoms with Crippen LogP contribution < -0.4 is 14.8 Å². The molecule has 0 radical (unpaired) electrons. The largest absolute Gasteiger partial charge is 0.497 e. The molecule has 27 heavy (non-hydrogen) atoms. The van der Waals surface area contributed by atoms with Crippen molar-refractivity contribution in [2.45, 2.75) is 18.3 Å². The standard InChI is InChI=1S/C18H20N4O4S/c1-22-16(11-26-14-7-5-13(24-2)6-8-14)20-21-18(22)27-12-17(23)19-10-15-4-3-9-25-15/h3-9H,10-12H2,1-2H3,(H,19,23). The van der Waals surface area contributed by atoms with Crippen LogP contribution in [0.4, 0.5) is 0 Å². The number of methoxy groups -OCH3 is 1. The molecule has 3 aromatic rings. The van der Waals surface area contributed by atoms with E-state index < -0.39 is 0 Å². The van der Waals surface area contributed by atoms with Crippen LogP contribution in [0.3, 0.4) is 0 Å². The second-order valence-electron chi connectivity index (χ2n) is 5.57. The van der Waals surface area contributed by atoms with Crippen molar-refractivity contribution in [2.75, 3.05) is 12.9 Å². The van der Waals surface area contributed by atoms with Crippen molar-refractivity contribution in [3.05, 3.63) is 54.2 Å². The molecule has 1 N–H and O–H groups in total. The molecular weight excluding hydrogens is 368 g/mol. The lowest BCUT2D eigenvalue weighted by Gasteiger charge is -2.07. The number of rotatable bonds is 9. The average molecular weight is 388 g/mol. The summed E-state index contributed by atoms with van der Waals surface area (Å²) in [5, 5.41) is 11.7. The number of benzene rings is 1. The van der Waals surface area contributed by atoms with Gasteiger partial charge in [0, 0.05) is 7.05 Å². The Balaban J connectivity index is 1.46. The maximum atomic E-state index is 11.9. The molecule has 0 unspecified atom stereocenters. The number of carbonyl (C=O) groups is 1. The van der Waals surface area contributed by atoms with Crippen molar-refractivity contribution >= 4 is 17.7 Å². The zero-order valence-corrected chi connectivity index (χ0v) is 15.9. The van der Waals surface area contributed by atoms with Gasteiger partial charge in [0.25, 0.3) is 0 Å². The van der Waals surface area contributed by atoms with Crippen LogP contribution in [0.2, 0.25) is 0 Å². The minimum Gasteiger partial charge on any atom is -0.497 e. The Kier molecular flexibility index (Phi) is 6.37. The maximum Gasteiger partial charge on any atom is 0.230 e. The molecule has 1 amide bonds. The number of nitrogens with one attached hydrogen (secondary N) is 1.